The van der Waals surface area contributed by atoms with Crippen LogP contribution < -0.4 is 0 Å². The molecule has 1 aromatic carbocycles. The standard InChI is InChI=1S/C12H10O3S/c13-12(14)11(9-6-15-9)8-1-2-10-7(5-8)3-4-16-10/h1-5,9,11H,6H2,(H,13,14). The molecule has 82 valence electrons. The Kier molecular flexibility index (Phi) is 2.19. The van der Waals surface area contributed by atoms with E-state index < -0.39 is 11.9 Å². The van der Waals surface area contributed by atoms with E-state index in [9.17, 15) is 9.90 Å². The lowest BCUT2D eigenvalue weighted by Gasteiger charge is -2.09. The van der Waals surface area contributed by atoms with Gasteiger partial charge in [0, 0.05) is 4.70 Å². The van der Waals surface area contributed by atoms with Crippen LogP contribution in [0.25, 0.3) is 10.1 Å². The van der Waals surface area contributed by atoms with Gasteiger partial charge in [0.2, 0.25) is 0 Å². The Morgan fingerprint density at radius 1 is 1.50 bits per heavy atom. The molecular weight excluding hydrogens is 224 g/mol. The first-order valence-corrected chi connectivity index (χ1v) is 5.95. The molecule has 2 unspecified atom stereocenters. The van der Waals surface area contributed by atoms with Gasteiger partial charge in [0.1, 0.15) is 5.92 Å². The molecule has 0 radical (unpaired) electrons. The maximum Gasteiger partial charge on any atom is 0.313 e. The molecule has 2 atom stereocenters. The van der Waals surface area contributed by atoms with Crippen molar-refractivity contribution in [2.24, 2.45) is 0 Å². The Morgan fingerprint density at radius 3 is 3.00 bits per heavy atom. The third-order valence-electron chi connectivity index (χ3n) is 2.83. The molecule has 1 aromatic heterocycles. The van der Waals surface area contributed by atoms with Crippen molar-refractivity contribution in [2.75, 3.05) is 6.61 Å². The number of epoxide rings is 1. The number of thiophene rings is 1. The topological polar surface area (TPSA) is 49.8 Å². The number of hydrogen-bond acceptors (Lipinski definition) is 3. The average molecular weight is 234 g/mol. The predicted molar refractivity (Wildman–Crippen MR) is 61.9 cm³/mol. The lowest BCUT2D eigenvalue weighted by Crippen LogP contribution is -2.17. The van der Waals surface area contributed by atoms with Gasteiger partial charge >= 0.3 is 5.97 Å². The summed E-state index contributed by atoms with van der Waals surface area (Å²) >= 11 is 1.66. The maximum atomic E-state index is 11.2. The Labute approximate surface area is 96.3 Å². The molecule has 0 aliphatic carbocycles. The highest BCUT2D eigenvalue weighted by atomic mass is 32.1. The number of aliphatic carboxylic acids is 1. The lowest BCUT2D eigenvalue weighted by molar-refractivity contribution is -0.139. The second-order valence-corrected chi connectivity index (χ2v) is 4.85. The largest absolute Gasteiger partial charge is 0.481 e. The molecule has 0 spiro atoms. The lowest BCUT2D eigenvalue weighted by atomic mass is 9.95. The highest BCUT2D eigenvalue weighted by Gasteiger charge is 2.39. The van der Waals surface area contributed by atoms with E-state index >= 15 is 0 Å². The number of rotatable bonds is 3. The first-order chi connectivity index (χ1) is 7.75. The minimum absolute atomic E-state index is 0.145. The highest BCUT2D eigenvalue weighted by Crippen LogP contribution is 2.32. The number of carboxylic acids is 1. The van der Waals surface area contributed by atoms with Crippen LogP contribution in [-0.2, 0) is 9.53 Å². The summed E-state index contributed by atoms with van der Waals surface area (Å²) in [5.41, 5.74) is 0.834. The summed E-state index contributed by atoms with van der Waals surface area (Å²) in [6, 6.07) is 7.83. The Balaban J connectivity index is 2.05. The molecule has 1 fully saturated rings. The van der Waals surface area contributed by atoms with Gasteiger partial charge in [0.25, 0.3) is 0 Å². The van der Waals surface area contributed by atoms with Crippen LogP contribution in [0.3, 0.4) is 0 Å². The fraction of sp³-hybridized carbons (Fsp3) is 0.250. The van der Waals surface area contributed by atoms with E-state index in [0.717, 1.165) is 10.9 Å². The van der Waals surface area contributed by atoms with Crippen molar-refractivity contribution in [3.8, 4) is 0 Å². The molecular formula is C12H10O3S. The van der Waals surface area contributed by atoms with Crippen LogP contribution >= 0.6 is 11.3 Å². The zero-order valence-electron chi connectivity index (χ0n) is 8.42. The number of hydrogen-bond donors (Lipinski definition) is 1. The number of carbonyl (C=O) groups is 1. The molecule has 1 aliphatic heterocycles. The molecule has 16 heavy (non-hydrogen) atoms. The molecule has 1 saturated heterocycles. The van der Waals surface area contributed by atoms with Crippen LogP contribution in [0, 0.1) is 0 Å². The fourth-order valence-electron chi connectivity index (χ4n) is 1.94. The van der Waals surface area contributed by atoms with E-state index in [1.54, 1.807) is 11.3 Å². The fourth-order valence-corrected chi connectivity index (χ4v) is 2.71. The number of fused-ring (bicyclic) bond motifs is 1. The monoisotopic (exact) mass is 234 g/mol. The number of ether oxygens (including phenoxy) is 1. The van der Waals surface area contributed by atoms with Gasteiger partial charge in [-0.25, -0.2) is 0 Å². The molecule has 2 heterocycles. The average Bonchev–Trinajstić information content (AvgIpc) is 2.96. The van der Waals surface area contributed by atoms with Gasteiger partial charge in [-0.2, -0.15) is 0 Å². The zero-order chi connectivity index (χ0) is 11.1. The van der Waals surface area contributed by atoms with Gasteiger partial charge in [-0.3, -0.25) is 4.79 Å². The van der Waals surface area contributed by atoms with Crippen molar-refractivity contribution < 1.29 is 14.6 Å². The number of carboxylic acid groups (broad SMARTS) is 1. The summed E-state index contributed by atoms with van der Waals surface area (Å²) in [5.74, 6) is -1.33. The van der Waals surface area contributed by atoms with Crippen molar-refractivity contribution in [1.29, 1.82) is 0 Å². The van der Waals surface area contributed by atoms with Crippen molar-refractivity contribution in [2.45, 2.75) is 12.0 Å². The zero-order valence-corrected chi connectivity index (χ0v) is 9.24. The van der Waals surface area contributed by atoms with Crippen LogP contribution in [0.2, 0.25) is 0 Å². The summed E-state index contributed by atoms with van der Waals surface area (Å²) in [6.45, 7) is 0.554. The first kappa shape index (κ1) is 9.81. The molecule has 1 N–H and O–H groups in total. The summed E-state index contributed by atoms with van der Waals surface area (Å²) in [6.07, 6.45) is -0.145. The van der Waals surface area contributed by atoms with Crippen LogP contribution in [-0.4, -0.2) is 23.8 Å². The minimum Gasteiger partial charge on any atom is -0.481 e. The molecule has 0 saturated carbocycles. The van der Waals surface area contributed by atoms with E-state index in [0.29, 0.717) is 6.61 Å². The van der Waals surface area contributed by atoms with E-state index in [2.05, 4.69) is 0 Å². The number of benzene rings is 1. The van der Waals surface area contributed by atoms with E-state index in [1.165, 1.54) is 4.70 Å². The van der Waals surface area contributed by atoms with E-state index in [-0.39, 0.29) is 6.10 Å². The normalized spacial score (nSPS) is 20.9. The van der Waals surface area contributed by atoms with Gasteiger partial charge in [-0.05, 0) is 34.5 Å². The van der Waals surface area contributed by atoms with Crippen LogP contribution in [0.1, 0.15) is 11.5 Å². The van der Waals surface area contributed by atoms with Crippen LogP contribution in [0.5, 0.6) is 0 Å². The molecule has 2 aromatic rings. The smallest absolute Gasteiger partial charge is 0.313 e. The summed E-state index contributed by atoms with van der Waals surface area (Å²) in [7, 11) is 0. The SMILES string of the molecule is O=C(O)C(c1ccc2sccc2c1)C1CO1. The Morgan fingerprint density at radius 2 is 2.31 bits per heavy atom. The summed E-state index contributed by atoms with van der Waals surface area (Å²) in [4.78, 5) is 11.2. The van der Waals surface area contributed by atoms with Crippen molar-refractivity contribution in [1.82, 2.24) is 0 Å². The Hall–Kier alpha value is -1.39. The highest BCUT2D eigenvalue weighted by molar-refractivity contribution is 7.17. The first-order valence-electron chi connectivity index (χ1n) is 5.07. The molecule has 4 heteroatoms. The molecule has 3 nitrogen and oxygen atoms in total. The Bertz CT molecular complexity index is 542. The van der Waals surface area contributed by atoms with Crippen LogP contribution in [0.15, 0.2) is 29.6 Å². The van der Waals surface area contributed by atoms with E-state index in [1.807, 2.05) is 29.6 Å². The second-order valence-electron chi connectivity index (χ2n) is 3.91. The van der Waals surface area contributed by atoms with E-state index in [4.69, 9.17) is 4.74 Å². The van der Waals surface area contributed by atoms with Gasteiger partial charge in [-0.1, -0.05) is 6.07 Å². The summed E-state index contributed by atoms with van der Waals surface area (Å²) < 4.78 is 6.29. The van der Waals surface area contributed by atoms with Gasteiger partial charge < -0.3 is 9.84 Å². The molecule has 0 bridgehead atoms. The van der Waals surface area contributed by atoms with Crippen molar-refractivity contribution in [3.05, 3.63) is 35.2 Å². The molecule has 1 aliphatic rings. The van der Waals surface area contributed by atoms with Gasteiger partial charge in [0.15, 0.2) is 0 Å². The summed E-state index contributed by atoms with van der Waals surface area (Å²) in [5, 5.41) is 12.3. The molecule has 0 amide bonds. The van der Waals surface area contributed by atoms with Crippen LogP contribution in [0.4, 0.5) is 0 Å². The second kappa shape index (κ2) is 3.57. The maximum absolute atomic E-state index is 11.2. The quantitative estimate of drug-likeness (QED) is 0.830. The third kappa shape index (κ3) is 1.60. The van der Waals surface area contributed by atoms with Gasteiger partial charge in [-0.15, -0.1) is 11.3 Å². The third-order valence-corrected chi connectivity index (χ3v) is 3.73. The molecule has 3 rings (SSSR count). The predicted octanol–water partition coefficient (Wildman–Crippen LogP) is 2.47. The van der Waals surface area contributed by atoms with Gasteiger partial charge in [0.05, 0.1) is 12.7 Å². The van der Waals surface area contributed by atoms with Crippen molar-refractivity contribution in [3.63, 3.8) is 0 Å². The minimum atomic E-state index is -0.808. The van der Waals surface area contributed by atoms with Crippen molar-refractivity contribution >= 4 is 27.4 Å².